The Labute approximate surface area is 302 Å². The summed E-state index contributed by atoms with van der Waals surface area (Å²) in [6.07, 6.45) is 0. The molecule has 0 aliphatic heterocycles. The summed E-state index contributed by atoms with van der Waals surface area (Å²) in [7, 11) is 0. The number of benzene rings is 10. The quantitative estimate of drug-likeness (QED) is 0.167. The van der Waals surface area contributed by atoms with Gasteiger partial charge in [-0.25, -0.2) is 0 Å². The first-order valence-corrected chi connectivity index (χ1v) is 17.3. The molecule has 0 spiro atoms. The minimum absolute atomic E-state index is 0.0844. The zero-order chi connectivity index (χ0) is 37.2. The minimum atomic E-state index is -0.108. The van der Waals surface area contributed by atoms with Crippen molar-refractivity contribution in [1.82, 2.24) is 0 Å². The molecule has 10 rings (SSSR count). The van der Waals surface area contributed by atoms with E-state index >= 15 is 0 Å². The molecule has 0 atom stereocenters. The topological polar surface area (TPSA) is 3.24 Å². The number of anilines is 3. The van der Waals surface area contributed by atoms with Crippen molar-refractivity contribution >= 4 is 70.9 Å². The second kappa shape index (κ2) is 12.0. The van der Waals surface area contributed by atoms with E-state index in [2.05, 4.69) is 97.1 Å². The monoisotopic (exact) mass is 651 g/mol. The molecular weight excluding hydrogens is 615 g/mol. The third-order valence-electron chi connectivity index (χ3n) is 10.0. The van der Waals surface area contributed by atoms with Gasteiger partial charge in [-0.15, -0.1) is 0 Å². The van der Waals surface area contributed by atoms with Crippen LogP contribution in [0.25, 0.3) is 76.1 Å². The maximum Gasteiger partial charge on any atom is 0.0645 e. The number of nitrogens with zero attached hydrogens (tertiary/aromatic N) is 1. The number of hydrogen-bond acceptors (Lipinski definition) is 1. The zero-order valence-corrected chi connectivity index (χ0v) is 27.7. The molecular formula is C50H33N. The molecule has 0 aliphatic carbocycles. The van der Waals surface area contributed by atoms with E-state index in [-0.39, 0.29) is 35.4 Å². The number of rotatable bonds is 5. The normalized spacial score (nSPS) is 12.6. The smallest absolute Gasteiger partial charge is 0.0645 e. The molecule has 10 aromatic rings. The molecule has 51 heavy (non-hydrogen) atoms. The van der Waals surface area contributed by atoms with E-state index in [1.165, 1.54) is 10.8 Å². The fourth-order valence-electron chi connectivity index (χ4n) is 7.64. The SMILES string of the molecule is [2H]c1c([2H])c(N(c2cccc(-c3cc4ccccc4c4ccccc34)c2)c2ccc3ccccc3c2)c([2H])c([2H])c1-c1cc2ccccc2c2ccccc12. The molecule has 0 aliphatic rings. The van der Waals surface area contributed by atoms with Crippen LogP contribution in [0.1, 0.15) is 5.48 Å². The fourth-order valence-corrected chi connectivity index (χ4v) is 7.64. The average Bonchev–Trinajstić information content (AvgIpc) is 3.24. The van der Waals surface area contributed by atoms with Gasteiger partial charge in [0.25, 0.3) is 0 Å². The summed E-state index contributed by atoms with van der Waals surface area (Å²) in [5.41, 5.74) is 4.70. The van der Waals surface area contributed by atoms with Crippen LogP contribution in [-0.4, -0.2) is 0 Å². The zero-order valence-electron chi connectivity index (χ0n) is 31.7. The highest BCUT2D eigenvalue weighted by Crippen LogP contribution is 2.42. The van der Waals surface area contributed by atoms with E-state index in [0.717, 1.165) is 65.6 Å². The molecule has 0 N–H and O–H groups in total. The minimum Gasteiger partial charge on any atom is -0.310 e. The molecule has 0 saturated heterocycles. The van der Waals surface area contributed by atoms with Gasteiger partial charge in [0.2, 0.25) is 0 Å². The van der Waals surface area contributed by atoms with Gasteiger partial charge in [0.15, 0.2) is 0 Å². The fraction of sp³-hybridized carbons (Fsp3) is 0. The van der Waals surface area contributed by atoms with Gasteiger partial charge in [-0.05, 0) is 125 Å². The van der Waals surface area contributed by atoms with Crippen molar-refractivity contribution in [3.63, 3.8) is 0 Å². The van der Waals surface area contributed by atoms with Crippen LogP contribution < -0.4 is 4.90 Å². The summed E-state index contributed by atoms with van der Waals surface area (Å²) < 4.78 is 38.5. The molecule has 0 fully saturated rings. The molecule has 0 radical (unpaired) electrons. The maximum absolute atomic E-state index is 9.67. The molecule has 0 amide bonds. The Morgan fingerprint density at radius 3 is 1.41 bits per heavy atom. The molecule has 1 nitrogen and oxygen atoms in total. The predicted octanol–water partition coefficient (Wildman–Crippen LogP) is 14.3. The summed E-state index contributed by atoms with van der Waals surface area (Å²) >= 11 is 0. The second-order valence-corrected chi connectivity index (χ2v) is 13.0. The largest absolute Gasteiger partial charge is 0.310 e. The Morgan fingerprint density at radius 1 is 0.294 bits per heavy atom. The highest BCUT2D eigenvalue weighted by Gasteiger charge is 2.17. The molecule has 1 heteroatoms. The summed E-state index contributed by atoms with van der Waals surface area (Å²) in [5, 5.41) is 10.7. The first-order valence-electron chi connectivity index (χ1n) is 19.3. The lowest BCUT2D eigenvalue weighted by molar-refractivity contribution is 1.29. The van der Waals surface area contributed by atoms with E-state index in [1.54, 1.807) is 0 Å². The highest BCUT2D eigenvalue weighted by molar-refractivity contribution is 6.15. The van der Waals surface area contributed by atoms with E-state index < -0.39 is 0 Å². The number of fused-ring (bicyclic) bond motifs is 7. The van der Waals surface area contributed by atoms with Gasteiger partial charge in [0.1, 0.15) is 0 Å². The molecule has 10 aromatic carbocycles. The van der Waals surface area contributed by atoms with Gasteiger partial charge in [-0.1, -0.05) is 152 Å². The Kier molecular flexibility index (Phi) is 5.96. The van der Waals surface area contributed by atoms with Gasteiger partial charge in [0, 0.05) is 17.1 Å². The van der Waals surface area contributed by atoms with Crippen LogP contribution in [0.4, 0.5) is 17.1 Å². The van der Waals surface area contributed by atoms with Crippen LogP contribution in [0.15, 0.2) is 200 Å². The molecule has 0 bridgehead atoms. The van der Waals surface area contributed by atoms with Crippen molar-refractivity contribution in [3.8, 4) is 22.3 Å². The lowest BCUT2D eigenvalue weighted by atomic mass is 9.93. The standard InChI is InChI=1S/C50H33N/c1-2-13-36-30-42(29-24-34(36)12-1)51(40-27-25-35(26-28-40)49-32-38-14-3-5-18-43(38)45-20-7-9-22-47(45)49)41-17-11-16-37(31-41)50-33-39-15-4-6-19-44(39)46-21-8-10-23-48(46)50/h1-33H/i25D,26D,27D,28D. The summed E-state index contributed by atoms with van der Waals surface area (Å²) in [4.78, 5) is 1.89. The third kappa shape index (κ3) is 5.02. The van der Waals surface area contributed by atoms with Crippen molar-refractivity contribution < 1.29 is 5.48 Å². The summed E-state index contributed by atoms with van der Waals surface area (Å²) in [6, 6.07) is 59.3. The van der Waals surface area contributed by atoms with Crippen molar-refractivity contribution in [2.45, 2.75) is 0 Å². The molecule has 238 valence electrons. The first kappa shape index (κ1) is 25.3. The molecule has 0 aromatic heterocycles. The van der Waals surface area contributed by atoms with Gasteiger partial charge in [-0.3, -0.25) is 0 Å². The van der Waals surface area contributed by atoms with E-state index in [1.807, 2.05) is 83.8 Å². The van der Waals surface area contributed by atoms with Gasteiger partial charge < -0.3 is 4.90 Å². The highest BCUT2D eigenvalue weighted by atomic mass is 15.1. The van der Waals surface area contributed by atoms with Crippen LogP contribution in [0.5, 0.6) is 0 Å². The Morgan fingerprint density at radius 2 is 0.784 bits per heavy atom. The van der Waals surface area contributed by atoms with Gasteiger partial charge in [0.05, 0.1) is 5.48 Å². The van der Waals surface area contributed by atoms with E-state index in [9.17, 15) is 5.48 Å². The second-order valence-electron chi connectivity index (χ2n) is 13.0. The lowest BCUT2D eigenvalue weighted by Gasteiger charge is -2.27. The van der Waals surface area contributed by atoms with Crippen molar-refractivity contribution in [1.29, 1.82) is 0 Å². The predicted molar refractivity (Wildman–Crippen MR) is 220 cm³/mol. The average molecular weight is 652 g/mol. The van der Waals surface area contributed by atoms with E-state index in [4.69, 9.17) is 0 Å². The van der Waals surface area contributed by atoms with Crippen molar-refractivity contribution in [2.24, 2.45) is 0 Å². The first-order chi connectivity index (χ1) is 27.0. The Bertz CT molecular complexity index is 3140. The number of hydrogen-bond donors (Lipinski definition) is 0. The molecule has 0 heterocycles. The van der Waals surface area contributed by atoms with E-state index in [0.29, 0.717) is 5.56 Å². The Hall–Kier alpha value is -6.70. The van der Waals surface area contributed by atoms with Crippen LogP contribution in [0, 0.1) is 0 Å². The van der Waals surface area contributed by atoms with Gasteiger partial charge in [-0.2, -0.15) is 0 Å². The summed E-state index contributed by atoms with van der Waals surface area (Å²) in [6.45, 7) is 0. The lowest BCUT2D eigenvalue weighted by Crippen LogP contribution is -2.10. The van der Waals surface area contributed by atoms with Crippen LogP contribution in [-0.2, 0) is 0 Å². The third-order valence-corrected chi connectivity index (χ3v) is 10.0. The van der Waals surface area contributed by atoms with Crippen molar-refractivity contribution in [3.05, 3.63) is 200 Å². The van der Waals surface area contributed by atoms with Gasteiger partial charge >= 0.3 is 0 Å². The molecule has 0 unspecified atom stereocenters. The maximum atomic E-state index is 9.67. The Balaban J connectivity index is 1.22. The van der Waals surface area contributed by atoms with Crippen LogP contribution in [0.3, 0.4) is 0 Å². The molecule has 0 saturated carbocycles. The van der Waals surface area contributed by atoms with Crippen LogP contribution in [0.2, 0.25) is 0 Å². The van der Waals surface area contributed by atoms with Crippen LogP contribution >= 0.6 is 0 Å². The summed E-state index contributed by atoms with van der Waals surface area (Å²) in [5.74, 6) is 0. The van der Waals surface area contributed by atoms with Crippen molar-refractivity contribution in [2.75, 3.05) is 4.90 Å².